The average Bonchev–Trinajstić information content (AvgIpc) is 3.04. The van der Waals surface area contributed by atoms with Gasteiger partial charge in [0.05, 0.1) is 17.9 Å². The van der Waals surface area contributed by atoms with E-state index < -0.39 is 0 Å². The molecule has 0 fully saturated rings. The van der Waals surface area contributed by atoms with Crippen LogP contribution in [0.15, 0.2) is 34.7 Å². The van der Waals surface area contributed by atoms with Crippen molar-refractivity contribution in [2.75, 3.05) is 7.05 Å². The lowest BCUT2D eigenvalue weighted by Crippen LogP contribution is -2.17. The quantitative estimate of drug-likeness (QED) is 0.725. The van der Waals surface area contributed by atoms with E-state index in [2.05, 4.69) is 57.5 Å². The first-order chi connectivity index (χ1) is 11.0. The molecule has 6 nitrogen and oxygen atoms in total. The summed E-state index contributed by atoms with van der Waals surface area (Å²) in [5.74, 6) is 1.24. The Kier molecular flexibility index (Phi) is 4.25. The van der Waals surface area contributed by atoms with Gasteiger partial charge in [-0.05, 0) is 44.7 Å². The maximum absolute atomic E-state index is 5.43. The lowest BCUT2D eigenvalue weighted by molar-refractivity contribution is 0.279. The van der Waals surface area contributed by atoms with Gasteiger partial charge in [0.25, 0.3) is 0 Å². The second-order valence-corrected chi connectivity index (χ2v) is 5.90. The minimum atomic E-state index is 0.597. The first-order valence-corrected chi connectivity index (χ1v) is 7.61. The van der Waals surface area contributed by atoms with Crippen molar-refractivity contribution in [2.24, 2.45) is 0 Å². The summed E-state index contributed by atoms with van der Waals surface area (Å²) in [5.41, 5.74) is 4.45. The molecule has 0 aliphatic rings. The minimum Gasteiger partial charge on any atom is -0.424 e. The molecule has 120 valence electrons. The molecule has 0 aliphatic heterocycles. The highest BCUT2D eigenvalue weighted by Crippen LogP contribution is 2.15. The van der Waals surface area contributed by atoms with E-state index in [4.69, 9.17) is 4.42 Å². The van der Waals surface area contributed by atoms with Crippen molar-refractivity contribution in [2.45, 2.75) is 33.9 Å². The van der Waals surface area contributed by atoms with Crippen molar-refractivity contribution < 1.29 is 4.42 Å². The van der Waals surface area contributed by atoms with Crippen LogP contribution in [0.4, 0.5) is 0 Å². The largest absolute Gasteiger partial charge is 0.424 e. The lowest BCUT2D eigenvalue weighted by atomic mass is 10.2. The first kappa shape index (κ1) is 15.4. The summed E-state index contributed by atoms with van der Waals surface area (Å²) >= 11 is 0. The molecule has 0 unspecified atom stereocenters. The minimum absolute atomic E-state index is 0.597. The molecule has 3 rings (SSSR count). The fraction of sp³-hybridized carbons (Fsp3) is 0.353. The highest BCUT2D eigenvalue weighted by atomic mass is 16.4. The first-order valence-electron chi connectivity index (χ1n) is 7.61. The van der Waals surface area contributed by atoms with E-state index in [1.807, 2.05) is 18.7 Å². The number of hydrogen-bond donors (Lipinski definition) is 0. The molecular weight excluding hydrogens is 290 g/mol. The monoisotopic (exact) mass is 311 g/mol. The third kappa shape index (κ3) is 3.65. The Bertz CT molecular complexity index is 805. The smallest absolute Gasteiger partial charge is 0.230 e. The van der Waals surface area contributed by atoms with Crippen LogP contribution in [0.25, 0.3) is 5.69 Å². The Labute approximate surface area is 135 Å². The van der Waals surface area contributed by atoms with Gasteiger partial charge < -0.3 is 4.42 Å². The molecule has 0 aliphatic carbocycles. The van der Waals surface area contributed by atoms with Gasteiger partial charge in [-0.15, -0.1) is 10.2 Å². The van der Waals surface area contributed by atoms with Crippen molar-refractivity contribution >= 4 is 0 Å². The van der Waals surface area contributed by atoms with Crippen molar-refractivity contribution in [3.63, 3.8) is 0 Å². The highest BCUT2D eigenvalue weighted by molar-refractivity contribution is 5.37. The van der Waals surface area contributed by atoms with Gasteiger partial charge in [0.15, 0.2) is 0 Å². The Morgan fingerprint density at radius 1 is 1.09 bits per heavy atom. The fourth-order valence-corrected chi connectivity index (χ4v) is 2.68. The van der Waals surface area contributed by atoms with Crippen molar-refractivity contribution in [1.29, 1.82) is 0 Å². The van der Waals surface area contributed by atoms with Crippen molar-refractivity contribution in [3.8, 4) is 5.69 Å². The molecule has 0 saturated heterocycles. The standard InChI is InChI=1S/C17H21N5O/c1-12-8-13(2)22(20-12)16-7-5-6-15(9-16)10-21(4)11-17-19-18-14(3)23-17/h5-9H,10-11H2,1-4H3. The zero-order valence-electron chi connectivity index (χ0n) is 13.9. The van der Waals surface area contributed by atoms with Gasteiger partial charge in [-0.1, -0.05) is 12.1 Å². The second-order valence-electron chi connectivity index (χ2n) is 5.90. The van der Waals surface area contributed by atoms with Gasteiger partial charge in [0, 0.05) is 19.2 Å². The molecule has 0 spiro atoms. The van der Waals surface area contributed by atoms with Crippen LogP contribution in [0.5, 0.6) is 0 Å². The molecule has 0 atom stereocenters. The topological polar surface area (TPSA) is 60.0 Å². The van der Waals surface area contributed by atoms with E-state index in [1.165, 1.54) is 5.56 Å². The number of aromatic nitrogens is 4. The number of aryl methyl sites for hydroxylation is 3. The lowest BCUT2D eigenvalue weighted by Gasteiger charge is -2.15. The number of hydrogen-bond acceptors (Lipinski definition) is 5. The Morgan fingerprint density at radius 3 is 2.57 bits per heavy atom. The summed E-state index contributed by atoms with van der Waals surface area (Å²) in [6.45, 7) is 7.30. The van der Waals surface area contributed by atoms with Crippen molar-refractivity contribution in [3.05, 3.63) is 59.1 Å². The zero-order chi connectivity index (χ0) is 16.4. The normalized spacial score (nSPS) is 11.3. The summed E-state index contributed by atoms with van der Waals surface area (Å²) in [7, 11) is 2.04. The molecule has 1 aromatic carbocycles. The SMILES string of the molecule is Cc1cc(C)n(-c2cccc(CN(C)Cc3nnc(C)o3)c2)n1. The Morgan fingerprint density at radius 2 is 1.91 bits per heavy atom. The van der Waals surface area contributed by atoms with Gasteiger partial charge in [0.2, 0.25) is 11.8 Å². The summed E-state index contributed by atoms with van der Waals surface area (Å²) in [5, 5.41) is 12.4. The molecule has 0 bridgehead atoms. The van der Waals surface area contributed by atoms with Gasteiger partial charge in [-0.2, -0.15) is 5.10 Å². The van der Waals surface area contributed by atoms with Crippen LogP contribution in [0.1, 0.15) is 28.7 Å². The summed E-state index contributed by atoms with van der Waals surface area (Å²) in [4.78, 5) is 2.15. The van der Waals surface area contributed by atoms with Crippen molar-refractivity contribution in [1.82, 2.24) is 24.9 Å². The molecule has 6 heteroatoms. The van der Waals surface area contributed by atoms with Crippen LogP contribution in [0.3, 0.4) is 0 Å². The van der Waals surface area contributed by atoms with E-state index >= 15 is 0 Å². The molecular formula is C17H21N5O. The van der Waals surface area contributed by atoms with Gasteiger partial charge in [-0.3, -0.25) is 4.90 Å². The van der Waals surface area contributed by atoms with Gasteiger partial charge >= 0.3 is 0 Å². The Balaban J connectivity index is 1.73. The predicted molar refractivity (Wildman–Crippen MR) is 87.2 cm³/mol. The zero-order valence-corrected chi connectivity index (χ0v) is 13.9. The van der Waals surface area contributed by atoms with Crippen LogP contribution < -0.4 is 0 Å². The summed E-state index contributed by atoms with van der Waals surface area (Å²) in [6, 6.07) is 10.5. The van der Waals surface area contributed by atoms with Crippen LogP contribution in [0, 0.1) is 20.8 Å². The van der Waals surface area contributed by atoms with Crippen LogP contribution in [-0.2, 0) is 13.1 Å². The molecule has 2 aromatic heterocycles. The van der Waals surface area contributed by atoms with E-state index in [9.17, 15) is 0 Å². The Hall–Kier alpha value is -2.47. The number of rotatable bonds is 5. The molecule has 3 aromatic rings. The van der Waals surface area contributed by atoms with Gasteiger partial charge in [0.1, 0.15) is 0 Å². The van der Waals surface area contributed by atoms with Crippen LogP contribution in [-0.4, -0.2) is 31.9 Å². The maximum atomic E-state index is 5.43. The predicted octanol–water partition coefficient (Wildman–Crippen LogP) is 2.81. The molecule has 0 N–H and O–H groups in total. The molecule has 0 saturated carbocycles. The molecule has 0 radical (unpaired) electrons. The average molecular weight is 311 g/mol. The van der Waals surface area contributed by atoms with E-state index in [0.29, 0.717) is 18.3 Å². The molecule has 2 heterocycles. The third-order valence-electron chi connectivity index (χ3n) is 3.59. The van der Waals surface area contributed by atoms with E-state index in [-0.39, 0.29) is 0 Å². The molecule has 23 heavy (non-hydrogen) atoms. The maximum Gasteiger partial charge on any atom is 0.230 e. The third-order valence-corrected chi connectivity index (χ3v) is 3.59. The fourth-order valence-electron chi connectivity index (χ4n) is 2.68. The number of benzene rings is 1. The van der Waals surface area contributed by atoms with Crippen LogP contribution in [0.2, 0.25) is 0 Å². The highest BCUT2D eigenvalue weighted by Gasteiger charge is 2.09. The number of nitrogens with zero attached hydrogens (tertiary/aromatic N) is 5. The summed E-state index contributed by atoms with van der Waals surface area (Å²) in [6.07, 6.45) is 0. The van der Waals surface area contributed by atoms with E-state index in [1.54, 1.807) is 6.92 Å². The molecule has 0 amide bonds. The van der Waals surface area contributed by atoms with E-state index in [0.717, 1.165) is 23.6 Å². The summed E-state index contributed by atoms with van der Waals surface area (Å²) < 4.78 is 7.40. The van der Waals surface area contributed by atoms with Gasteiger partial charge in [-0.25, -0.2) is 4.68 Å². The second kappa shape index (κ2) is 6.34. The van der Waals surface area contributed by atoms with Crippen LogP contribution >= 0.6 is 0 Å².